The molecule has 0 unspecified atom stereocenters. The number of hydrogen-bond acceptors (Lipinski definition) is 3. The minimum Gasteiger partial charge on any atom is -0.395 e. The molecule has 0 aliphatic heterocycles. The minimum absolute atomic E-state index is 0.0971. The molecule has 1 N–H and O–H groups in total. The quantitative estimate of drug-likeness (QED) is 0.769. The van der Waals surface area contributed by atoms with Crippen LogP contribution in [0.4, 0.5) is 0 Å². The highest BCUT2D eigenvalue weighted by Gasteiger charge is 2.43. The summed E-state index contributed by atoms with van der Waals surface area (Å²) >= 11 is 0. The highest BCUT2D eigenvalue weighted by molar-refractivity contribution is 7.89. The van der Waals surface area contributed by atoms with Crippen LogP contribution in [0.5, 0.6) is 0 Å². The zero-order chi connectivity index (χ0) is 12.5. The van der Waals surface area contributed by atoms with Gasteiger partial charge in [-0.3, -0.25) is 0 Å². The zero-order valence-electron chi connectivity index (χ0n) is 10.5. The highest BCUT2D eigenvalue weighted by Crippen LogP contribution is 2.34. The fourth-order valence-electron chi connectivity index (χ4n) is 1.82. The number of sulfonamides is 1. The normalized spacial score (nSPS) is 19.8. The molecule has 0 saturated heterocycles. The summed E-state index contributed by atoms with van der Waals surface area (Å²) in [7, 11) is -3.26. The second kappa shape index (κ2) is 5.02. The summed E-state index contributed by atoms with van der Waals surface area (Å²) in [6.45, 7) is 7.19. The molecule has 1 atom stereocenters. The van der Waals surface area contributed by atoms with E-state index in [4.69, 9.17) is 0 Å². The van der Waals surface area contributed by atoms with Crippen molar-refractivity contribution >= 4 is 10.0 Å². The molecule has 0 heterocycles. The summed E-state index contributed by atoms with van der Waals surface area (Å²) in [5.74, 6) is 0.138. The minimum atomic E-state index is -3.26. The Kier molecular flexibility index (Phi) is 4.37. The molecule has 0 aromatic rings. The van der Waals surface area contributed by atoms with E-state index in [-0.39, 0.29) is 24.6 Å². The van der Waals surface area contributed by atoms with E-state index in [2.05, 4.69) is 0 Å². The average molecular weight is 249 g/mol. The van der Waals surface area contributed by atoms with Gasteiger partial charge in [-0.15, -0.1) is 0 Å². The number of aliphatic hydroxyl groups is 1. The molecule has 1 saturated carbocycles. The second-order valence-corrected chi connectivity index (χ2v) is 7.54. The Bertz CT molecular complexity index is 320. The lowest BCUT2D eigenvalue weighted by molar-refractivity contribution is 0.147. The van der Waals surface area contributed by atoms with Crippen LogP contribution in [0.1, 0.15) is 40.5 Å². The van der Waals surface area contributed by atoms with E-state index < -0.39 is 15.3 Å². The molecule has 0 radical (unpaired) electrons. The molecule has 1 fully saturated rings. The predicted molar refractivity (Wildman–Crippen MR) is 64.6 cm³/mol. The van der Waals surface area contributed by atoms with Crippen molar-refractivity contribution in [3.05, 3.63) is 0 Å². The molecule has 0 aromatic heterocycles. The fourth-order valence-corrected chi connectivity index (χ4v) is 3.63. The molecule has 96 valence electrons. The van der Waals surface area contributed by atoms with E-state index in [1.807, 2.05) is 13.8 Å². The summed E-state index contributed by atoms with van der Waals surface area (Å²) in [6.07, 6.45) is 1.85. The van der Waals surface area contributed by atoms with Crippen molar-refractivity contribution in [2.24, 2.45) is 5.92 Å². The summed E-state index contributed by atoms with van der Waals surface area (Å²) in [5, 5.41) is 8.97. The molecule has 16 heavy (non-hydrogen) atoms. The van der Waals surface area contributed by atoms with Gasteiger partial charge in [0.25, 0.3) is 0 Å². The maximum atomic E-state index is 12.2. The van der Waals surface area contributed by atoms with Crippen molar-refractivity contribution in [3.63, 3.8) is 0 Å². The Morgan fingerprint density at radius 3 is 2.00 bits per heavy atom. The third-order valence-electron chi connectivity index (χ3n) is 3.08. The monoisotopic (exact) mass is 249 g/mol. The van der Waals surface area contributed by atoms with E-state index in [9.17, 15) is 13.5 Å². The molecule has 0 amide bonds. The van der Waals surface area contributed by atoms with E-state index in [1.54, 1.807) is 18.2 Å². The molecule has 1 rings (SSSR count). The summed E-state index contributed by atoms with van der Waals surface area (Å²) in [4.78, 5) is 0. The molecule has 0 aromatic carbocycles. The summed E-state index contributed by atoms with van der Waals surface area (Å²) in [6, 6.07) is -0.160. The Hall–Kier alpha value is -0.130. The van der Waals surface area contributed by atoms with Crippen LogP contribution in [0.15, 0.2) is 0 Å². The standard InChI is InChI=1S/C11H23NO3S/c1-8(2)11(7-13)12(10-5-6-10)16(14,15)9(3)4/h8-11,13H,5-7H2,1-4H3/t11-/m0/s1. The third-order valence-corrected chi connectivity index (χ3v) is 5.43. The van der Waals surface area contributed by atoms with Gasteiger partial charge in [0.1, 0.15) is 0 Å². The van der Waals surface area contributed by atoms with Crippen molar-refractivity contribution in [3.8, 4) is 0 Å². The van der Waals surface area contributed by atoms with Gasteiger partial charge in [0.2, 0.25) is 10.0 Å². The largest absolute Gasteiger partial charge is 0.395 e. The Morgan fingerprint density at radius 2 is 1.75 bits per heavy atom. The van der Waals surface area contributed by atoms with Gasteiger partial charge in [-0.2, -0.15) is 4.31 Å². The smallest absolute Gasteiger partial charge is 0.217 e. The maximum Gasteiger partial charge on any atom is 0.217 e. The first-order valence-electron chi connectivity index (χ1n) is 5.95. The Labute approximate surface area is 98.7 Å². The van der Waals surface area contributed by atoms with Gasteiger partial charge in [0.15, 0.2) is 0 Å². The molecular formula is C11H23NO3S. The highest BCUT2D eigenvalue weighted by atomic mass is 32.2. The summed E-state index contributed by atoms with van der Waals surface area (Å²) < 4.78 is 26.0. The van der Waals surface area contributed by atoms with Gasteiger partial charge < -0.3 is 5.11 Å². The van der Waals surface area contributed by atoms with E-state index in [1.165, 1.54) is 0 Å². The van der Waals surface area contributed by atoms with Crippen LogP contribution in [0.25, 0.3) is 0 Å². The Morgan fingerprint density at radius 1 is 1.25 bits per heavy atom. The van der Waals surface area contributed by atoms with Gasteiger partial charge >= 0.3 is 0 Å². The maximum absolute atomic E-state index is 12.2. The lowest BCUT2D eigenvalue weighted by Gasteiger charge is -2.33. The van der Waals surface area contributed by atoms with Crippen molar-refractivity contribution in [1.29, 1.82) is 0 Å². The molecule has 0 bridgehead atoms. The average Bonchev–Trinajstić information content (AvgIpc) is 2.95. The number of hydrogen-bond donors (Lipinski definition) is 1. The van der Waals surface area contributed by atoms with Crippen LogP contribution in [0.2, 0.25) is 0 Å². The van der Waals surface area contributed by atoms with Crippen LogP contribution in [-0.4, -0.2) is 41.8 Å². The SMILES string of the molecule is CC(C)[C@H](CO)N(C1CC1)S(=O)(=O)C(C)C. The number of nitrogens with zero attached hydrogens (tertiary/aromatic N) is 1. The second-order valence-electron chi connectivity index (χ2n) is 5.15. The van der Waals surface area contributed by atoms with Gasteiger partial charge in [-0.05, 0) is 32.6 Å². The topological polar surface area (TPSA) is 57.6 Å². The van der Waals surface area contributed by atoms with Gasteiger partial charge in [0, 0.05) is 6.04 Å². The van der Waals surface area contributed by atoms with Gasteiger partial charge in [-0.1, -0.05) is 13.8 Å². The predicted octanol–water partition coefficient (Wildman–Crippen LogP) is 1.21. The fraction of sp³-hybridized carbons (Fsp3) is 1.00. The lowest BCUT2D eigenvalue weighted by Crippen LogP contribution is -2.49. The number of aliphatic hydroxyl groups excluding tert-OH is 1. The van der Waals surface area contributed by atoms with Crippen LogP contribution >= 0.6 is 0 Å². The van der Waals surface area contributed by atoms with E-state index in [0.717, 1.165) is 12.8 Å². The molecular weight excluding hydrogens is 226 g/mol. The first-order valence-corrected chi connectivity index (χ1v) is 7.45. The Balaban J connectivity index is 2.99. The van der Waals surface area contributed by atoms with Crippen molar-refractivity contribution in [2.45, 2.75) is 57.9 Å². The number of rotatable bonds is 6. The zero-order valence-corrected chi connectivity index (χ0v) is 11.4. The molecule has 4 nitrogen and oxygen atoms in total. The molecule has 1 aliphatic rings. The first-order chi connectivity index (χ1) is 7.32. The van der Waals surface area contributed by atoms with E-state index >= 15 is 0 Å². The van der Waals surface area contributed by atoms with Crippen LogP contribution in [0.3, 0.4) is 0 Å². The molecule has 1 aliphatic carbocycles. The van der Waals surface area contributed by atoms with E-state index in [0.29, 0.717) is 0 Å². The molecule has 5 heteroatoms. The van der Waals surface area contributed by atoms with Gasteiger partial charge in [0.05, 0.1) is 17.9 Å². The first kappa shape index (κ1) is 13.9. The summed E-state index contributed by atoms with van der Waals surface area (Å²) in [5.41, 5.74) is 0. The van der Waals surface area contributed by atoms with Crippen molar-refractivity contribution < 1.29 is 13.5 Å². The molecule has 0 spiro atoms. The lowest BCUT2D eigenvalue weighted by atomic mass is 10.1. The van der Waals surface area contributed by atoms with Gasteiger partial charge in [-0.25, -0.2) is 8.42 Å². The van der Waals surface area contributed by atoms with Crippen LogP contribution in [-0.2, 0) is 10.0 Å². The third kappa shape index (κ3) is 2.76. The van der Waals surface area contributed by atoms with Crippen LogP contribution < -0.4 is 0 Å². The van der Waals surface area contributed by atoms with Crippen LogP contribution in [0, 0.1) is 5.92 Å². The van der Waals surface area contributed by atoms with Crippen molar-refractivity contribution in [1.82, 2.24) is 4.31 Å². The van der Waals surface area contributed by atoms with Crippen molar-refractivity contribution in [2.75, 3.05) is 6.61 Å².